The van der Waals surface area contributed by atoms with Crippen LogP contribution < -0.4 is 10.1 Å². The molecule has 1 N–H and O–H groups in total. The van der Waals surface area contributed by atoms with Gasteiger partial charge in [-0.1, -0.05) is 32.0 Å². The van der Waals surface area contributed by atoms with Gasteiger partial charge in [0.1, 0.15) is 23.9 Å². The maximum absolute atomic E-state index is 13.7. The Kier molecular flexibility index (Phi) is 8.85. The fourth-order valence-electron chi connectivity index (χ4n) is 5.58. The molecule has 2 aliphatic heterocycles. The van der Waals surface area contributed by atoms with Crippen molar-refractivity contribution in [3.05, 3.63) is 88.6 Å². The summed E-state index contributed by atoms with van der Waals surface area (Å²) in [6.07, 6.45) is 3.64. The molecule has 0 saturated carbocycles. The van der Waals surface area contributed by atoms with E-state index in [1.807, 2.05) is 36.9 Å². The normalized spacial score (nSPS) is 17.2. The molecule has 2 aliphatic rings. The number of nitrogens with zero attached hydrogens (tertiary/aromatic N) is 2. The lowest BCUT2D eigenvalue weighted by molar-refractivity contribution is -0.134. The summed E-state index contributed by atoms with van der Waals surface area (Å²) in [5.74, 6) is 1.23. The second kappa shape index (κ2) is 12.7. The number of ether oxygens (including phenoxy) is 1. The highest BCUT2D eigenvalue weighted by molar-refractivity contribution is 5.91. The molecule has 1 aromatic heterocycles. The monoisotopic (exact) mass is 547 g/mol. The van der Waals surface area contributed by atoms with Crippen molar-refractivity contribution in [3.8, 4) is 5.75 Å². The van der Waals surface area contributed by atoms with Crippen molar-refractivity contribution in [2.45, 2.75) is 52.2 Å². The van der Waals surface area contributed by atoms with Crippen molar-refractivity contribution in [1.82, 2.24) is 15.1 Å². The summed E-state index contributed by atoms with van der Waals surface area (Å²) >= 11 is 0. The first-order chi connectivity index (χ1) is 19.4. The molecule has 3 heterocycles. The Bertz CT molecular complexity index is 1310. The number of carbonyl (C=O) groups is 2. The van der Waals surface area contributed by atoms with Crippen molar-refractivity contribution in [3.63, 3.8) is 0 Å². The van der Waals surface area contributed by atoms with Crippen molar-refractivity contribution in [1.29, 1.82) is 0 Å². The van der Waals surface area contributed by atoms with Gasteiger partial charge in [0.2, 0.25) is 5.91 Å². The summed E-state index contributed by atoms with van der Waals surface area (Å²) in [6.45, 7) is 8.47. The van der Waals surface area contributed by atoms with Gasteiger partial charge in [0.05, 0.1) is 6.04 Å². The summed E-state index contributed by atoms with van der Waals surface area (Å²) in [5.41, 5.74) is 2.98. The van der Waals surface area contributed by atoms with Crippen LogP contribution in [0, 0.1) is 11.7 Å². The zero-order chi connectivity index (χ0) is 28.1. The van der Waals surface area contributed by atoms with Crippen LogP contribution in [0.1, 0.15) is 72.2 Å². The van der Waals surface area contributed by atoms with Crippen LogP contribution in [0.25, 0.3) is 0 Å². The Morgan fingerprint density at radius 1 is 1.05 bits per heavy atom. The standard InChI is InChI=1S/C32H38FN3O4/c1-22(2)19-30(37)36-17-13-23-7-10-26(20-28(23)31(36)24-5-8-25(33)9-6-24)39-21-27-11-12-29(40-27)32(38)34-14-18-35-15-3-4-16-35/h5-12,20,22,31H,3-4,13-19,21H2,1-2H3,(H,34,38)/t31-/m1/s1. The second-order valence-corrected chi connectivity index (χ2v) is 11.1. The van der Waals surface area contributed by atoms with Crippen LogP contribution in [0.2, 0.25) is 0 Å². The fourth-order valence-corrected chi connectivity index (χ4v) is 5.58. The number of halogens is 1. The summed E-state index contributed by atoms with van der Waals surface area (Å²) in [4.78, 5) is 30.0. The molecule has 5 rings (SSSR count). The van der Waals surface area contributed by atoms with Gasteiger partial charge in [-0.25, -0.2) is 4.39 Å². The lowest BCUT2D eigenvalue weighted by atomic mass is 9.87. The number of hydrogen-bond donors (Lipinski definition) is 1. The molecule has 0 radical (unpaired) electrons. The molecule has 7 nitrogen and oxygen atoms in total. The lowest BCUT2D eigenvalue weighted by Gasteiger charge is -2.38. The van der Waals surface area contributed by atoms with Crippen LogP contribution in [0.3, 0.4) is 0 Å². The van der Waals surface area contributed by atoms with Crippen LogP contribution >= 0.6 is 0 Å². The third-order valence-corrected chi connectivity index (χ3v) is 7.61. The van der Waals surface area contributed by atoms with Crippen LogP contribution in [0.15, 0.2) is 59.0 Å². The van der Waals surface area contributed by atoms with Gasteiger partial charge in [-0.15, -0.1) is 0 Å². The molecule has 0 aliphatic carbocycles. The van der Waals surface area contributed by atoms with E-state index in [2.05, 4.69) is 10.2 Å². The Morgan fingerprint density at radius 2 is 1.82 bits per heavy atom. The van der Waals surface area contributed by atoms with Gasteiger partial charge in [0.25, 0.3) is 5.91 Å². The molecule has 1 saturated heterocycles. The number of rotatable bonds is 10. The quantitative estimate of drug-likeness (QED) is 0.371. The maximum atomic E-state index is 13.7. The SMILES string of the molecule is CC(C)CC(=O)N1CCc2ccc(OCc3ccc(C(=O)NCCN4CCCC4)o3)cc2[C@H]1c1ccc(F)cc1. The van der Waals surface area contributed by atoms with Crippen LogP contribution in [0.5, 0.6) is 5.75 Å². The van der Waals surface area contributed by atoms with Gasteiger partial charge in [-0.05, 0) is 91.4 Å². The number of fused-ring (bicyclic) bond motifs is 1. The molecule has 2 aromatic carbocycles. The average molecular weight is 548 g/mol. The Morgan fingerprint density at radius 3 is 2.58 bits per heavy atom. The Balaban J connectivity index is 1.27. The average Bonchev–Trinajstić information content (AvgIpc) is 3.64. The molecule has 212 valence electrons. The van der Waals surface area contributed by atoms with Gasteiger partial charge in [-0.2, -0.15) is 0 Å². The first kappa shape index (κ1) is 27.9. The van der Waals surface area contributed by atoms with E-state index in [0.717, 1.165) is 42.7 Å². The first-order valence-corrected chi connectivity index (χ1v) is 14.3. The van der Waals surface area contributed by atoms with Gasteiger partial charge < -0.3 is 24.3 Å². The van der Waals surface area contributed by atoms with Gasteiger partial charge in [0, 0.05) is 26.1 Å². The molecular formula is C32H38FN3O4. The van der Waals surface area contributed by atoms with Crippen molar-refractivity contribution < 1.29 is 23.1 Å². The Hall–Kier alpha value is -3.65. The van der Waals surface area contributed by atoms with Crippen molar-refractivity contribution >= 4 is 11.8 Å². The smallest absolute Gasteiger partial charge is 0.287 e. The third-order valence-electron chi connectivity index (χ3n) is 7.61. The van der Waals surface area contributed by atoms with E-state index in [1.165, 1.54) is 25.0 Å². The first-order valence-electron chi connectivity index (χ1n) is 14.3. The van der Waals surface area contributed by atoms with Crippen molar-refractivity contribution in [2.24, 2.45) is 5.92 Å². The number of hydrogen-bond acceptors (Lipinski definition) is 5. The van der Waals surface area contributed by atoms with Crippen LogP contribution in [0.4, 0.5) is 4.39 Å². The number of amides is 2. The van der Waals surface area contributed by atoms with Crippen LogP contribution in [-0.2, 0) is 17.8 Å². The van der Waals surface area contributed by atoms with Crippen molar-refractivity contribution in [2.75, 3.05) is 32.7 Å². The number of carbonyl (C=O) groups excluding carboxylic acids is 2. The maximum Gasteiger partial charge on any atom is 0.287 e. The van der Waals surface area contributed by atoms with Crippen LogP contribution in [-0.4, -0.2) is 54.3 Å². The van der Waals surface area contributed by atoms with E-state index in [-0.39, 0.29) is 42.0 Å². The van der Waals surface area contributed by atoms with Gasteiger partial charge in [-0.3, -0.25) is 9.59 Å². The predicted molar refractivity (Wildman–Crippen MR) is 151 cm³/mol. The highest BCUT2D eigenvalue weighted by atomic mass is 19.1. The topological polar surface area (TPSA) is 75.0 Å². The van der Waals surface area contributed by atoms with E-state index in [0.29, 0.717) is 31.0 Å². The molecule has 1 fully saturated rings. The van der Waals surface area contributed by atoms with Gasteiger partial charge in [0.15, 0.2) is 5.76 Å². The molecule has 40 heavy (non-hydrogen) atoms. The van der Waals surface area contributed by atoms with E-state index in [9.17, 15) is 14.0 Å². The van der Waals surface area contributed by atoms with E-state index >= 15 is 0 Å². The highest BCUT2D eigenvalue weighted by Gasteiger charge is 2.32. The zero-order valence-electron chi connectivity index (χ0n) is 23.3. The third kappa shape index (κ3) is 6.73. The molecular weight excluding hydrogens is 509 g/mol. The molecule has 0 spiro atoms. The Labute approximate surface area is 235 Å². The highest BCUT2D eigenvalue weighted by Crippen LogP contribution is 2.38. The summed E-state index contributed by atoms with van der Waals surface area (Å²) < 4.78 is 25.6. The fraction of sp³-hybridized carbons (Fsp3) is 0.438. The van der Waals surface area contributed by atoms with E-state index in [4.69, 9.17) is 9.15 Å². The number of likely N-dealkylation sites (tertiary alicyclic amines) is 1. The molecule has 0 unspecified atom stereocenters. The van der Waals surface area contributed by atoms with E-state index in [1.54, 1.807) is 24.3 Å². The summed E-state index contributed by atoms with van der Waals surface area (Å²) in [6, 6.07) is 15.4. The second-order valence-electron chi connectivity index (χ2n) is 11.1. The molecule has 8 heteroatoms. The number of benzene rings is 2. The summed E-state index contributed by atoms with van der Waals surface area (Å²) in [5, 5.41) is 2.93. The zero-order valence-corrected chi connectivity index (χ0v) is 23.3. The molecule has 1 atom stereocenters. The minimum atomic E-state index is -0.321. The summed E-state index contributed by atoms with van der Waals surface area (Å²) in [7, 11) is 0. The lowest BCUT2D eigenvalue weighted by Crippen LogP contribution is -2.41. The largest absolute Gasteiger partial charge is 0.486 e. The minimum Gasteiger partial charge on any atom is -0.486 e. The number of furan rings is 1. The molecule has 3 aromatic rings. The number of nitrogens with one attached hydrogen (secondary N) is 1. The molecule has 2 amide bonds. The predicted octanol–water partition coefficient (Wildman–Crippen LogP) is 5.34. The minimum absolute atomic E-state index is 0.0862. The molecule has 0 bridgehead atoms. The van der Waals surface area contributed by atoms with E-state index < -0.39 is 0 Å². The van der Waals surface area contributed by atoms with Gasteiger partial charge >= 0.3 is 0 Å².